The molecule has 0 aliphatic rings. The molecule has 0 fully saturated rings. The first kappa shape index (κ1) is 23.1. The summed E-state index contributed by atoms with van der Waals surface area (Å²) in [5.41, 5.74) is 1.17. The van der Waals surface area contributed by atoms with E-state index >= 15 is 0 Å². The number of aromatic nitrogens is 1. The van der Waals surface area contributed by atoms with Gasteiger partial charge in [0.2, 0.25) is 0 Å². The molecule has 1 amide bonds. The summed E-state index contributed by atoms with van der Waals surface area (Å²) < 4.78 is 41.1. The summed E-state index contributed by atoms with van der Waals surface area (Å²) in [5.74, 6) is -0.858. The second kappa shape index (κ2) is 9.46. The minimum atomic E-state index is -4.60. The van der Waals surface area contributed by atoms with Crippen LogP contribution in [0.5, 0.6) is 0 Å². The summed E-state index contributed by atoms with van der Waals surface area (Å²) in [6.45, 7) is 0.586. The monoisotopic (exact) mass is 479 g/mol. The van der Waals surface area contributed by atoms with E-state index in [1.165, 1.54) is 6.08 Å². The number of hydrogen-bond acceptors (Lipinski definition) is 2. The average molecular weight is 480 g/mol. The zero-order valence-corrected chi connectivity index (χ0v) is 18.4. The van der Waals surface area contributed by atoms with E-state index in [2.05, 4.69) is 5.32 Å². The van der Waals surface area contributed by atoms with Gasteiger partial charge in [-0.05, 0) is 35.9 Å². The van der Waals surface area contributed by atoms with Gasteiger partial charge in [0.05, 0.1) is 16.3 Å². The number of carbonyl (C=O) groups excluding carboxylic acids is 1. The zero-order chi connectivity index (χ0) is 24.3. The Balaban J connectivity index is 1.67. The summed E-state index contributed by atoms with van der Waals surface area (Å²) >= 11 is 5.97. The fourth-order valence-corrected chi connectivity index (χ4v) is 3.76. The van der Waals surface area contributed by atoms with Crippen LogP contribution in [0.25, 0.3) is 17.0 Å². The minimum Gasteiger partial charge on any atom is -0.342 e. The number of halogens is 4. The molecule has 4 rings (SSSR count). The van der Waals surface area contributed by atoms with Crippen molar-refractivity contribution in [3.63, 3.8) is 0 Å². The number of nitrogens with zero attached hydrogens (tertiary/aromatic N) is 2. The fraction of sp³-hybridized carbons (Fsp3) is 0.0769. The quantitative estimate of drug-likeness (QED) is 0.250. The minimum absolute atomic E-state index is 0.0712. The first-order valence-corrected chi connectivity index (χ1v) is 10.6. The standard InChI is InChI=1S/C26H17ClF3N3O/c27-22-11-10-20(26(28,29)30)13-23(22)32-25(34)18(14-31)12-19-16-33(15-17-6-2-1-3-7-17)24-9-5-4-8-21(19)24/h1-13,16H,15H2,(H,32,34)/b18-12+. The van der Waals surface area contributed by atoms with Gasteiger partial charge < -0.3 is 9.88 Å². The molecule has 4 aromatic rings. The molecule has 34 heavy (non-hydrogen) atoms. The molecule has 1 N–H and O–H groups in total. The van der Waals surface area contributed by atoms with Crippen molar-refractivity contribution in [3.05, 3.63) is 106 Å². The highest BCUT2D eigenvalue weighted by Crippen LogP contribution is 2.34. The Kier molecular flexibility index (Phi) is 6.44. The van der Waals surface area contributed by atoms with Crippen LogP contribution >= 0.6 is 11.6 Å². The molecule has 0 atom stereocenters. The van der Waals surface area contributed by atoms with Crippen LogP contribution in [0.2, 0.25) is 5.02 Å². The number of amides is 1. The van der Waals surface area contributed by atoms with Crippen LogP contribution in [0.1, 0.15) is 16.7 Å². The highest BCUT2D eigenvalue weighted by molar-refractivity contribution is 6.34. The number of anilines is 1. The van der Waals surface area contributed by atoms with E-state index in [0.29, 0.717) is 12.1 Å². The molecular weight excluding hydrogens is 463 g/mol. The average Bonchev–Trinajstić information content (AvgIpc) is 3.16. The Bertz CT molecular complexity index is 1430. The van der Waals surface area contributed by atoms with E-state index in [4.69, 9.17) is 11.6 Å². The number of carbonyl (C=O) groups is 1. The lowest BCUT2D eigenvalue weighted by Gasteiger charge is -2.11. The van der Waals surface area contributed by atoms with Gasteiger partial charge in [-0.3, -0.25) is 4.79 Å². The van der Waals surface area contributed by atoms with E-state index in [0.717, 1.165) is 34.7 Å². The maximum Gasteiger partial charge on any atom is 0.416 e. The van der Waals surface area contributed by atoms with Gasteiger partial charge in [-0.25, -0.2) is 0 Å². The zero-order valence-electron chi connectivity index (χ0n) is 17.6. The van der Waals surface area contributed by atoms with Crippen LogP contribution < -0.4 is 5.32 Å². The number of nitriles is 1. The molecule has 0 saturated carbocycles. The molecule has 0 bridgehead atoms. The van der Waals surface area contributed by atoms with E-state index in [1.807, 2.05) is 71.4 Å². The van der Waals surface area contributed by atoms with E-state index in [-0.39, 0.29) is 16.3 Å². The van der Waals surface area contributed by atoms with Crippen LogP contribution in [0.4, 0.5) is 18.9 Å². The second-order valence-electron chi connectivity index (χ2n) is 7.53. The Labute approximate surface area is 198 Å². The van der Waals surface area contributed by atoms with Crippen LogP contribution in [-0.2, 0) is 17.5 Å². The molecule has 0 aliphatic heterocycles. The first-order valence-electron chi connectivity index (χ1n) is 10.2. The number of para-hydroxylation sites is 1. The fourth-order valence-electron chi connectivity index (χ4n) is 3.59. The van der Waals surface area contributed by atoms with Crippen molar-refractivity contribution in [1.82, 2.24) is 4.57 Å². The predicted octanol–water partition coefficient (Wildman–Crippen LogP) is 6.91. The van der Waals surface area contributed by atoms with Crippen LogP contribution in [0.3, 0.4) is 0 Å². The highest BCUT2D eigenvalue weighted by atomic mass is 35.5. The summed E-state index contributed by atoms with van der Waals surface area (Å²) in [6.07, 6.45) is -1.35. The van der Waals surface area contributed by atoms with Crippen molar-refractivity contribution < 1.29 is 18.0 Å². The molecule has 4 nitrogen and oxygen atoms in total. The Hall–Kier alpha value is -4.02. The number of nitrogens with one attached hydrogen (secondary N) is 1. The van der Waals surface area contributed by atoms with E-state index in [1.54, 1.807) is 0 Å². The Morgan fingerprint density at radius 2 is 1.76 bits per heavy atom. The normalized spacial score (nSPS) is 11.9. The van der Waals surface area contributed by atoms with Crippen LogP contribution in [0.15, 0.2) is 84.6 Å². The highest BCUT2D eigenvalue weighted by Gasteiger charge is 2.31. The van der Waals surface area contributed by atoms with Gasteiger partial charge >= 0.3 is 6.18 Å². The lowest BCUT2D eigenvalue weighted by atomic mass is 10.1. The Morgan fingerprint density at radius 3 is 2.47 bits per heavy atom. The maximum absolute atomic E-state index is 13.0. The van der Waals surface area contributed by atoms with Crippen LogP contribution in [-0.4, -0.2) is 10.5 Å². The number of fused-ring (bicyclic) bond motifs is 1. The summed E-state index contributed by atoms with van der Waals surface area (Å²) in [7, 11) is 0. The van der Waals surface area contributed by atoms with Gasteiger partial charge in [-0.15, -0.1) is 0 Å². The first-order chi connectivity index (χ1) is 16.3. The number of hydrogen-bond donors (Lipinski definition) is 1. The molecule has 170 valence electrons. The van der Waals surface area contributed by atoms with Crippen molar-refractivity contribution in [2.45, 2.75) is 12.7 Å². The molecule has 8 heteroatoms. The van der Waals surface area contributed by atoms with Gasteiger partial charge in [0.15, 0.2) is 0 Å². The van der Waals surface area contributed by atoms with Crippen molar-refractivity contribution in [1.29, 1.82) is 5.26 Å². The lowest BCUT2D eigenvalue weighted by molar-refractivity contribution is -0.137. The number of benzene rings is 3. The van der Waals surface area contributed by atoms with Gasteiger partial charge in [-0.1, -0.05) is 60.1 Å². The third-order valence-corrected chi connectivity index (χ3v) is 5.55. The smallest absolute Gasteiger partial charge is 0.342 e. The van der Waals surface area contributed by atoms with Crippen molar-refractivity contribution in [2.75, 3.05) is 5.32 Å². The van der Waals surface area contributed by atoms with Gasteiger partial charge in [-0.2, -0.15) is 18.4 Å². The molecule has 0 aliphatic carbocycles. The van der Waals surface area contributed by atoms with Gasteiger partial charge in [0, 0.05) is 29.2 Å². The lowest BCUT2D eigenvalue weighted by Crippen LogP contribution is -2.15. The molecule has 0 saturated heterocycles. The number of alkyl halides is 3. The van der Waals surface area contributed by atoms with Crippen molar-refractivity contribution >= 4 is 40.2 Å². The van der Waals surface area contributed by atoms with Gasteiger partial charge in [0.1, 0.15) is 11.6 Å². The van der Waals surface area contributed by atoms with E-state index in [9.17, 15) is 23.2 Å². The topological polar surface area (TPSA) is 57.8 Å². The third-order valence-electron chi connectivity index (χ3n) is 5.22. The maximum atomic E-state index is 13.0. The SMILES string of the molecule is N#C/C(=C\c1cn(Cc2ccccc2)c2ccccc12)C(=O)Nc1cc(C(F)(F)F)ccc1Cl. The molecule has 1 heterocycles. The summed E-state index contributed by atoms with van der Waals surface area (Å²) in [5, 5.41) is 12.7. The molecule has 3 aromatic carbocycles. The van der Waals surface area contributed by atoms with Crippen molar-refractivity contribution in [3.8, 4) is 6.07 Å². The third kappa shape index (κ3) is 4.98. The summed E-state index contributed by atoms with van der Waals surface area (Å²) in [4.78, 5) is 12.7. The van der Waals surface area contributed by atoms with E-state index < -0.39 is 17.6 Å². The molecule has 1 aromatic heterocycles. The summed E-state index contributed by atoms with van der Waals surface area (Å²) in [6, 6.07) is 21.8. The van der Waals surface area contributed by atoms with Gasteiger partial charge in [0.25, 0.3) is 5.91 Å². The van der Waals surface area contributed by atoms with Crippen LogP contribution in [0, 0.1) is 11.3 Å². The second-order valence-corrected chi connectivity index (χ2v) is 7.94. The predicted molar refractivity (Wildman–Crippen MR) is 126 cm³/mol. The molecular formula is C26H17ClF3N3O. The molecule has 0 unspecified atom stereocenters. The largest absolute Gasteiger partial charge is 0.416 e. The van der Waals surface area contributed by atoms with Crippen molar-refractivity contribution in [2.24, 2.45) is 0 Å². The molecule has 0 spiro atoms. The molecule has 0 radical (unpaired) electrons. The Morgan fingerprint density at radius 1 is 1.06 bits per heavy atom. The number of rotatable bonds is 5.